The molecule has 0 saturated carbocycles. The van der Waals surface area contributed by atoms with Gasteiger partial charge in [-0.2, -0.15) is 0 Å². The average molecular weight is 892 g/mol. The van der Waals surface area contributed by atoms with Gasteiger partial charge in [-0.1, -0.05) is 170 Å². The van der Waals surface area contributed by atoms with Crippen molar-refractivity contribution < 1.29 is 47.5 Å². The zero-order valence-corrected chi connectivity index (χ0v) is 39.6. The van der Waals surface area contributed by atoms with E-state index in [4.69, 9.17) is 24.8 Å². The van der Waals surface area contributed by atoms with E-state index in [0.29, 0.717) is 12.8 Å². The van der Waals surface area contributed by atoms with Crippen molar-refractivity contribution in [3.05, 3.63) is 72.9 Å². The van der Waals surface area contributed by atoms with Gasteiger partial charge in [0.2, 0.25) is 0 Å². The fraction of sp³-hybridized carbons (Fsp3) is 0.700. The Bertz CT molecular complexity index is 1320. The number of phosphoric ester groups is 1. The Balaban J connectivity index is 4.34. The Kier molecular flexibility index (Phi) is 42.3. The topological polar surface area (TPSA) is 172 Å². The minimum atomic E-state index is -4.73. The van der Waals surface area contributed by atoms with Crippen molar-refractivity contribution >= 4 is 25.7 Å². The van der Waals surface area contributed by atoms with Gasteiger partial charge in [-0.25, -0.2) is 4.57 Å². The Hall–Kier alpha value is -3.08. The number of hydrogen-bond donors (Lipinski definition) is 3. The summed E-state index contributed by atoms with van der Waals surface area (Å²) >= 11 is 0. The van der Waals surface area contributed by atoms with Gasteiger partial charge in [0, 0.05) is 12.8 Å². The van der Waals surface area contributed by atoms with E-state index in [9.17, 15) is 23.8 Å². The Morgan fingerprint density at radius 2 is 0.903 bits per heavy atom. The van der Waals surface area contributed by atoms with Crippen LogP contribution in [-0.4, -0.2) is 59.9 Å². The molecule has 0 rings (SSSR count). The summed E-state index contributed by atoms with van der Waals surface area (Å²) in [6, 6.07) is -1.53. The van der Waals surface area contributed by atoms with E-state index in [2.05, 4.69) is 91.3 Å². The zero-order chi connectivity index (χ0) is 45.6. The molecule has 0 radical (unpaired) electrons. The molecule has 356 valence electrons. The maximum absolute atomic E-state index is 12.7. The molecule has 4 N–H and O–H groups in total. The third kappa shape index (κ3) is 43.6. The number of aliphatic carboxylic acids is 1. The first kappa shape index (κ1) is 58.9. The first-order chi connectivity index (χ1) is 30.1. The predicted octanol–water partition coefficient (Wildman–Crippen LogP) is 13.3. The molecule has 0 saturated heterocycles. The zero-order valence-electron chi connectivity index (χ0n) is 38.7. The van der Waals surface area contributed by atoms with Gasteiger partial charge in [-0.05, 0) is 83.5 Å². The monoisotopic (exact) mass is 892 g/mol. The lowest BCUT2D eigenvalue weighted by Gasteiger charge is -2.20. The van der Waals surface area contributed by atoms with Gasteiger partial charge in [-0.15, -0.1) is 0 Å². The molecular weight excluding hydrogens is 806 g/mol. The molecule has 11 nitrogen and oxygen atoms in total. The van der Waals surface area contributed by atoms with Gasteiger partial charge in [0.05, 0.1) is 13.2 Å². The van der Waals surface area contributed by atoms with Crippen molar-refractivity contribution in [2.24, 2.45) is 5.73 Å². The van der Waals surface area contributed by atoms with Crippen LogP contribution in [0.2, 0.25) is 0 Å². The number of carboxylic acid groups (broad SMARTS) is 1. The molecule has 0 aromatic carbocycles. The fourth-order valence-corrected chi connectivity index (χ4v) is 6.98. The SMILES string of the molecule is CC/C=C\C/C=C\C/C=C\C/C=C\CCCCCCCCC(=O)OC(COC(=O)CCCCCCCCCCC/C=C\C/C=C\CCCCC)COP(=O)(O)OCC(N)C(=O)O. The molecule has 0 heterocycles. The second-order valence-corrected chi connectivity index (χ2v) is 17.3. The number of carbonyl (C=O) groups is 3. The van der Waals surface area contributed by atoms with Crippen molar-refractivity contribution in [2.45, 2.75) is 206 Å². The van der Waals surface area contributed by atoms with E-state index in [1.807, 2.05) is 0 Å². The maximum Gasteiger partial charge on any atom is 0.472 e. The Labute approximate surface area is 376 Å². The van der Waals surface area contributed by atoms with Crippen molar-refractivity contribution in [1.29, 1.82) is 0 Å². The van der Waals surface area contributed by atoms with Crippen LogP contribution in [0.3, 0.4) is 0 Å². The normalized spacial score (nSPS) is 14.3. The van der Waals surface area contributed by atoms with Gasteiger partial charge in [0.1, 0.15) is 12.6 Å². The number of rotatable bonds is 44. The van der Waals surface area contributed by atoms with Crippen LogP contribution in [0.15, 0.2) is 72.9 Å². The summed E-state index contributed by atoms with van der Waals surface area (Å²) in [4.78, 5) is 46.1. The van der Waals surface area contributed by atoms with E-state index in [1.165, 1.54) is 57.8 Å². The molecule has 3 unspecified atom stereocenters. The molecule has 0 aromatic rings. The number of carbonyl (C=O) groups excluding carboxylic acids is 2. The van der Waals surface area contributed by atoms with E-state index in [0.717, 1.165) is 96.3 Å². The standard InChI is InChI=1S/C50H86NO10P/c1-3-5-7-9-11-13-15-17-19-21-23-25-27-29-31-33-35-37-39-41-48(52)58-43-46(44-59-62(56,57)60-45-47(51)50(54)55)61-49(53)42-40-38-36-34-32-30-28-26-24-22-20-18-16-14-12-10-8-6-4-2/h6,8,11-14,17-20,24,26,46-47H,3-5,7,9-10,15-16,21-23,25,27-45,51H2,1-2H3,(H,54,55)(H,56,57)/b8-6-,13-11-,14-12-,19-17-,20-18-,26-24-. The molecule has 0 aliphatic rings. The van der Waals surface area contributed by atoms with Crippen LogP contribution in [0.1, 0.15) is 194 Å². The van der Waals surface area contributed by atoms with Crippen LogP contribution < -0.4 is 5.73 Å². The van der Waals surface area contributed by atoms with Crippen molar-refractivity contribution in [3.63, 3.8) is 0 Å². The number of ether oxygens (including phenoxy) is 2. The summed E-state index contributed by atoms with van der Waals surface area (Å²) < 4.78 is 32.8. The fourth-order valence-electron chi connectivity index (χ4n) is 6.20. The summed E-state index contributed by atoms with van der Waals surface area (Å²) in [7, 11) is -4.73. The Morgan fingerprint density at radius 3 is 1.35 bits per heavy atom. The molecular formula is C50H86NO10P. The van der Waals surface area contributed by atoms with Crippen molar-refractivity contribution in [3.8, 4) is 0 Å². The number of esters is 2. The average Bonchev–Trinajstić information content (AvgIpc) is 3.25. The first-order valence-corrected chi connectivity index (χ1v) is 25.5. The van der Waals surface area contributed by atoms with Crippen LogP contribution in [0, 0.1) is 0 Å². The number of hydrogen-bond acceptors (Lipinski definition) is 9. The first-order valence-electron chi connectivity index (χ1n) is 24.0. The Morgan fingerprint density at radius 1 is 0.516 bits per heavy atom. The highest BCUT2D eigenvalue weighted by Crippen LogP contribution is 2.43. The largest absolute Gasteiger partial charge is 0.480 e. The van der Waals surface area contributed by atoms with Crippen molar-refractivity contribution in [2.75, 3.05) is 19.8 Å². The summed E-state index contributed by atoms with van der Waals surface area (Å²) in [5.74, 6) is -2.41. The summed E-state index contributed by atoms with van der Waals surface area (Å²) in [5, 5.41) is 8.91. The van der Waals surface area contributed by atoms with Crippen LogP contribution in [0.5, 0.6) is 0 Å². The van der Waals surface area contributed by atoms with Crippen LogP contribution in [-0.2, 0) is 37.5 Å². The number of unbranched alkanes of at least 4 members (excludes halogenated alkanes) is 18. The molecule has 0 bridgehead atoms. The minimum Gasteiger partial charge on any atom is -0.480 e. The van der Waals surface area contributed by atoms with Crippen LogP contribution >= 0.6 is 7.82 Å². The number of nitrogens with two attached hydrogens (primary N) is 1. The minimum absolute atomic E-state index is 0.141. The molecule has 0 amide bonds. The third-order valence-corrected chi connectivity index (χ3v) is 10.9. The second kappa shape index (κ2) is 44.5. The highest BCUT2D eigenvalue weighted by atomic mass is 31.2. The predicted molar refractivity (Wildman–Crippen MR) is 254 cm³/mol. The van der Waals surface area contributed by atoms with Gasteiger partial charge in [-0.3, -0.25) is 23.4 Å². The molecule has 3 atom stereocenters. The third-order valence-electron chi connectivity index (χ3n) is 9.94. The number of allylic oxidation sites excluding steroid dienone is 12. The lowest BCUT2D eigenvalue weighted by atomic mass is 10.1. The summed E-state index contributed by atoms with van der Waals surface area (Å²) in [6.45, 7) is 2.65. The highest BCUT2D eigenvalue weighted by molar-refractivity contribution is 7.47. The summed E-state index contributed by atoms with van der Waals surface area (Å²) in [5.41, 5.74) is 5.34. The smallest absolute Gasteiger partial charge is 0.472 e. The molecule has 0 aliphatic heterocycles. The second-order valence-electron chi connectivity index (χ2n) is 15.9. The molecule has 0 aliphatic carbocycles. The lowest BCUT2D eigenvalue weighted by Crippen LogP contribution is -2.34. The lowest BCUT2D eigenvalue weighted by molar-refractivity contribution is -0.161. The molecule has 0 aromatic heterocycles. The van der Waals surface area contributed by atoms with Gasteiger partial charge in [0.15, 0.2) is 6.10 Å². The molecule has 62 heavy (non-hydrogen) atoms. The number of phosphoric acid groups is 1. The maximum atomic E-state index is 12.7. The molecule has 12 heteroatoms. The van der Waals surface area contributed by atoms with Gasteiger partial charge in [0.25, 0.3) is 0 Å². The highest BCUT2D eigenvalue weighted by Gasteiger charge is 2.28. The summed E-state index contributed by atoms with van der Waals surface area (Å²) in [6.07, 6.45) is 53.8. The van der Waals surface area contributed by atoms with E-state index < -0.39 is 51.1 Å². The quantitative estimate of drug-likeness (QED) is 0.0230. The van der Waals surface area contributed by atoms with E-state index in [1.54, 1.807) is 0 Å². The van der Waals surface area contributed by atoms with Crippen molar-refractivity contribution in [1.82, 2.24) is 0 Å². The van der Waals surface area contributed by atoms with Gasteiger partial charge >= 0.3 is 25.7 Å². The van der Waals surface area contributed by atoms with Gasteiger partial charge < -0.3 is 25.2 Å². The molecule has 0 fully saturated rings. The van der Waals surface area contributed by atoms with E-state index in [-0.39, 0.29) is 19.4 Å². The van der Waals surface area contributed by atoms with E-state index >= 15 is 0 Å². The number of carboxylic acids is 1. The molecule has 0 spiro atoms. The van der Waals surface area contributed by atoms with Crippen LogP contribution in [0.25, 0.3) is 0 Å². The van der Waals surface area contributed by atoms with Crippen LogP contribution in [0.4, 0.5) is 0 Å².